The average Bonchev–Trinajstić information content (AvgIpc) is 3.26. The molecular formula is C17H21ClN4OS2. The molecule has 134 valence electrons. The Morgan fingerprint density at radius 2 is 2.12 bits per heavy atom. The number of carbonyl (C=O) groups excluding carboxylic acids is 1. The number of halogens is 1. The second-order valence-electron chi connectivity index (χ2n) is 5.96. The summed E-state index contributed by atoms with van der Waals surface area (Å²) in [6, 6.07) is 8.02. The molecule has 1 amide bonds. The van der Waals surface area contributed by atoms with Crippen LogP contribution in [0.25, 0.3) is 0 Å². The van der Waals surface area contributed by atoms with Crippen LogP contribution in [0.2, 0.25) is 5.02 Å². The maximum absolute atomic E-state index is 12.2. The van der Waals surface area contributed by atoms with Gasteiger partial charge in [0.25, 0.3) is 0 Å². The lowest BCUT2D eigenvalue weighted by Crippen LogP contribution is -2.37. The van der Waals surface area contributed by atoms with E-state index in [2.05, 4.69) is 26.5 Å². The first kappa shape index (κ1) is 18.6. The average molecular weight is 397 g/mol. The first-order valence-electron chi connectivity index (χ1n) is 8.31. The molecule has 1 saturated heterocycles. The van der Waals surface area contributed by atoms with E-state index >= 15 is 0 Å². The Bertz CT molecular complexity index is 718. The van der Waals surface area contributed by atoms with Gasteiger partial charge in [-0.3, -0.25) is 9.69 Å². The number of carbonyl (C=O) groups is 1. The van der Waals surface area contributed by atoms with Gasteiger partial charge in [-0.1, -0.05) is 52.9 Å². The van der Waals surface area contributed by atoms with Crippen molar-refractivity contribution in [2.45, 2.75) is 30.1 Å². The third-order valence-corrected chi connectivity index (χ3v) is 6.49. The minimum atomic E-state index is 0.00843. The number of nitrogens with one attached hydrogen (secondary N) is 1. The molecule has 1 aromatic carbocycles. The largest absolute Gasteiger partial charge is 0.353 e. The van der Waals surface area contributed by atoms with Gasteiger partial charge < -0.3 is 5.32 Å². The Morgan fingerprint density at radius 1 is 1.36 bits per heavy atom. The molecule has 0 radical (unpaired) electrons. The van der Waals surface area contributed by atoms with Gasteiger partial charge >= 0.3 is 0 Å². The number of likely N-dealkylation sites (tertiary alicyclic amines) is 1. The molecule has 1 aliphatic rings. The van der Waals surface area contributed by atoms with Crippen molar-refractivity contribution in [1.82, 2.24) is 20.4 Å². The molecule has 2 heterocycles. The van der Waals surface area contributed by atoms with Gasteiger partial charge in [0, 0.05) is 11.6 Å². The second-order valence-corrected chi connectivity index (χ2v) is 8.77. The third kappa shape index (κ3) is 5.17. The summed E-state index contributed by atoms with van der Waals surface area (Å²) in [6.45, 7) is 4.57. The molecule has 1 N–H and O–H groups in total. The van der Waals surface area contributed by atoms with Crippen molar-refractivity contribution in [2.24, 2.45) is 0 Å². The summed E-state index contributed by atoms with van der Waals surface area (Å²) in [5.41, 5.74) is 1.08. The highest BCUT2D eigenvalue weighted by molar-refractivity contribution is 8.01. The summed E-state index contributed by atoms with van der Waals surface area (Å²) in [5, 5.41) is 12.7. The van der Waals surface area contributed by atoms with Gasteiger partial charge in [-0.25, -0.2) is 0 Å². The Labute approximate surface area is 161 Å². The van der Waals surface area contributed by atoms with Crippen molar-refractivity contribution >= 4 is 40.6 Å². The fourth-order valence-electron chi connectivity index (χ4n) is 2.96. The topological polar surface area (TPSA) is 58.1 Å². The van der Waals surface area contributed by atoms with Crippen LogP contribution >= 0.6 is 34.7 Å². The smallest absolute Gasteiger partial charge is 0.230 e. The molecule has 1 fully saturated rings. The maximum Gasteiger partial charge on any atom is 0.230 e. The summed E-state index contributed by atoms with van der Waals surface area (Å²) in [7, 11) is 0. The summed E-state index contributed by atoms with van der Waals surface area (Å²) in [6.07, 6.45) is 2.39. The molecule has 1 aromatic heterocycles. The molecule has 2 aromatic rings. The fraction of sp³-hybridized carbons (Fsp3) is 0.471. The van der Waals surface area contributed by atoms with Crippen LogP contribution in [0.4, 0.5) is 0 Å². The lowest BCUT2D eigenvalue weighted by atomic mass is 10.1. The number of nitrogens with zero attached hydrogens (tertiary/aromatic N) is 3. The van der Waals surface area contributed by atoms with Crippen LogP contribution in [0.3, 0.4) is 0 Å². The van der Waals surface area contributed by atoms with Crippen molar-refractivity contribution in [3.05, 3.63) is 39.9 Å². The Balaban J connectivity index is 1.58. The molecule has 1 unspecified atom stereocenters. The van der Waals surface area contributed by atoms with E-state index in [0.717, 1.165) is 33.0 Å². The number of rotatable bonds is 7. The van der Waals surface area contributed by atoms with Crippen molar-refractivity contribution in [3.8, 4) is 0 Å². The summed E-state index contributed by atoms with van der Waals surface area (Å²) in [5.74, 6) is 0.359. The minimum Gasteiger partial charge on any atom is -0.353 e. The molecule has 3 rings (SSSR count). The van der Waals surface area contributed by atoms with Gasteiger partial charge in [-0.05, 0) is 44.5 Å². The number of hydrogen-bond acceptors (Lipinski definition) is 6. The molecule has 1 aliphatic heterocycles. The first-order chi connectivity index (χ1) is 12.1. The highest BCUT2D eigenvalue weighted by Gasteiger charge is 2.25. The maximum atomic E-state index is 12.2. The predicted molar refractivity (Wildman–Crippen MR) is 103 cm³/mol. The summed E-state index contributed by atoms with van der Waals surface area (Å²) < 4.78 is 0.829. The molecule has 25 heavy (non-hydrogen) atoms. The van der Waals surface area contributed by atoms with Crippen LogP contribution in [-0.4, -0.2) is 46.4 Å². The molecule has 0 aliphatic carbocycles. The van der Waals surface area contributed by atoms with Crippen LogP contribution in [0, 0.1) is 6.92 Å². The standard InChI is InChI=1S/C17H21ClN4OS2/c1-12-20-21-17(25-12)24-11-16(23)19-10-15(22-8-4-5-9-22)13-6-2-3-7-14(13)18/h2-3,6-7,15H,4-5,8-11H2,1H3,(H,19,23). The second kappa shape index (κ2) is 8.98. The highest BCUT2D eigenvalue weighted by atomic mass is 35.5. The van der Waals surface area contributed by atoms with E-state index in [9.17, 15) is 4.79 Å². The number of hydrogen-bond donors (Lipinski definition) is 1. The molecule has 5 nitrogen and oxygen atoms in total. The normalized spacial score (nSPS) is 16.1. The number of thioether (sulfide) groups is 1. The van der Waals surface area contributed by atoms with E-state index in [0.29, 0.717) is 12.3 Å². The van der Waals surface area contributed by atoms with Crippen LogP contribution in [-0.2, 0) is 4.79 Å². The van der Waals surface area contributed by atoms with Crippen LogP contribution < -0.4 is 5.32 Å². The monoisotopic (exact) mass is 396 g/mol. The third-order valence-electron chi connectivity index (χ3n) is 4.17. The van der Waals surface area contributed by atoms with Crippen molar-refractivity contribution < 1.29 is 4.79 Å². The van der Waals surface area contributed by atoms with Crippen LogP contribution in [0.5, 0.6) is 0 Å². The van der Waals surface area contributed by atoms with E-state index in [1.165, 1.54) is 35.9 Å². The number of amides is 1. The zero-order valence-electron chi connectivity index (χ0n) is 14.1. The number of aryl methyl sites for hydroxylation is 1. The molecule has 0 spiro atoms. The fourth-order valence-corrected chi connectivity index (χ4v) is 4.87. The van der Waals surface area contributed by atoms with E-state index in [4.69, 9.17) is 11.6 Å². The minimum absolute atomic E-state index is 0.00843. The SMILES string of the molecule is Cc1nnc(SCC(=O)NCC(c2ccccc2Cl)N2CCCC2)s1. The van der Waals surface area contributed by atoms with Gasteiger partial charge in [0.2, 0.25) is 5.91 Å². The molecule has 8 heteroatoms. The molecule has 0 bridgehead atoms. The lowest BCUT2D eigenvalue weighted by molar-refractivity contribution is -0.118. The van der Waals surface area contributed by atoms with Gasteiger partial charge in [0.15, 0.2) is 4.34 Å². The van der Waals surface area contributed by atoms with Crippen molar-refractivity contribution in [3.63, 3.8) is 0 Å². The van der Waals surface area contributed by atoms with Gasteiger partial charge in [0.05, 0.1) is 11.8 Å². The molecular weight excluding hydrogens is 376 g/mol. The quantitative estimate of drug-likeness (QED) is 0.725. The molecule has 0 saturated carbocycles. The molecule has 1 atom stereocenters. The van der Waals surface area contributed by atoms with Crippen LogP contribution in [0.15, 0.2) is 28.6 Å². The number of aromatic nitrogens is 2. The van der Waals surface area contributed by atoms with Gasteiger partial charge in [-0.2, -0.15) is 0 Å². The van der Waals surface area contributed by atoms with Crippen molar-refractivity contribution in [1.29, 1.82) is 0 Å². The zero-order valence-corrected chi connectivity index (χ0v) is 16.5. The number of benzene rings is 1. The Hall–Kier alpha value is -1.15. The van der Waals surface area contributed by atoms with E-state index < -0.39 is 0 Å². The predicted octanol–water partition coefficient (Wildman–Crippen LogP) is 3.55. The summed E-state index contributed by atoms with van der Waals surface area (Å²) >= 11 is 9.33. The Kier molecular flexibility index (Phi) is 6.70. The lowest BCUT2D eigenvalue weighted by Gasteiger charge is -2.28. The van der Waals surface area contributed by atoms with E-state index in [1.807, 2.05) is 25.1 Å². The Morgan fingerprint density at radius 3 is 2.80 bits per heavy atom. The van der Waals surface area contributed by atoms with Crippen molar-refractivity contribution in [2.75, 3.05) is 25.4 Å². The van der Waals surface area contributed by atoms with Crippen LogP contribution in [0.1, 0.15) is 29.5 Å². The van der Waals surface area contributed by atoms with E-state index in [1.54, 1.807) is 0 Å². The first-order valence-corrected chi connectivity index (χ1v) is 10.5. The summed E-state index contributed by atoms with van der Waals surface area (Å²) in [4.78, 5) is 14.6. The van der Waals surface area contributed by atoms with E-state index in [-0.39, 0.29) is 11.9 Å². The van der Waals surface area contributed by atoms with Gasteiger partial charge in [-0.15, -0.1) is 10.2 Å². The highest BCUT2D eigenvalue weighted by Crippen LogP contribution is 2.29. The zero-order chi connectivity index (χ0) is 17.6. The van der Waals surface area contributed by atoms with Gasteiger partial charge in [0.1, 0.15) is 5.01 Å².